The van der Waals surface area contributed by atoms with Crippen molar-refractivity contribution in [1.82, 2.24) is 20.0 Å². The Hall–Kier alpha value is -2.09. The van der Waals surface area contributed by atoms with Crippen molar-refractivity contribution in [1.29, 1.82) is 0 Å². The van der Waals surface area contributed by atoms with E-state index in [-0.39, 0.29) is 5.91 Å². The van der Waals surface area contributed by atoms with Gasteiger partial charge in [-0.25, -0.2) is 0 Å². The molecule has 3 aliphatic rings. The van der Waals surface area contributed by atoms with E-state index >= 15 is 0 Å². The quantitative estimate of drug-likeness (QED) is 0.833. The van der Waals surface area contributed by atoms with Crippen molar-refractivity contribution in [3.05, 3.63) is 29.7 Å². The van der Waals surface area contributed by atoms with Crippen LogP contribution in [0.5, 0.6) is 0 Å². The summed E-state index contributed by atoms with van der Waals surface area (Å²) in [5.41, 5.74) is 3.41. The number of fused-ring (bicyclic) bond motifs is 1. The summed E-state index contributed by atoms with van der Waals surface area (Å²) in [5.74, 6) is 3.37. The second-order valence-corrected chi connectivity index (χ2v) is 7.97. The van der Waals surface area contributed by atoms with Gasteiger partial charge in [0.1, 0.15) is 0 Å². The molecule has 0 unspecified atom stereocenters. The van der Waals surface area contributed by atoms with Crippen molar-refractivity contribution in [3.8, 4) is 0 Å². The van der Waals surface area contributed by atoms with Crippen LogP contribution in [-0.4, -0.2) is 51.3 Å². The van der Waals surface area contributed by atoms with Gasteiger partial charge in [-0.05, 0) is 23.8 Å². The van der Waals surface area contributed by atoms with Crippen LogP contribution in [0.3, 0.4) is 0 Å². The van der Waals surface area contributed by atoms with E-state index in [1.165, 1.54) is 5.56 Å². The standard InChI is InChI=1S/C17H20N6OS/c24-17-2-1-4-22(17)13-7-18-23(10-13)14-8-21(9-14)16-6-12-11-25-5-3-15(12)19-20-16/h6-7,10,14H,1-5,8-9,11H2. The first-order chi connectivity index (χ1) is 12.3. The van der Waals surface area contributed by atoms with Crippen LogP contribution in [0.1, 0.15) is 30.1 Å². The number of hydrogen-bond acceptors (Lipinski definition) is 6. The number of carbonyl (C=O) groups is 1. The van der Waals surface area contributed by atoms with E-state index in [9.17, 15) is 4.79 Å². The van der Waals surface area contributed by atoms with E-state index in [2.05, 4.69) is 26.3 Å². The summed E-state index contributed by atoms with van der Waals surface area (Å²) in [7, 11) is 0. The SMILES string of the molecule is O=C1CCCN1c1cnn(C2CN(c3cc4c(nn3)CCSC4)C2)c1. The van der Waals surface area contributed by atoms with E-state index in [1.54, 1.807) is 0 Å². The number of aryl methyl sites for hydroxylation is 1. The second-order valence-electron chi connectivity index (χ2n) is 6.86. The molecule has 2 aromatic rings. The first kappa shape index (κ1) is 15.2. The molecule has 1 amide bonds. The molecular formula is C17H20N6OS. The van der Waals surface area contributed by atoms with E-state index in [0.717, 1.165) is 61.2 Å². The Kier molecular flexibility index (Phi) is 3.65. The Morgan fingerprint density at radius 3 is 2.96 bits per heavy atom. The number of rotatable bonds is 3. The summed E-state index contributed by atoms with van der Waals surface area (Å²) in [6.07, 6.45) is 6.43. The Labute approximate surface area is 150 Å². The molecule has 2 saturated heterocycles. The van der Waals surface area contributed by atoms with Crippen molar-refractivity contribution < 1.29 is 4.79 Å². The molecule has 0 bridgehead atoms. The van der Waals surface area contributed by atoms with Gasteiger partial charge in [0.05, 0.1) is 23.6 Å². The van der Waals surface area contributed by atoms with Gasteiger partial charge in [-0.15, -0.1) is 5.10 Å². The van der Waals surface area contributed by atoms with Crippen molar-refractivity contribution >= 4 is 29.2 Å². The third kappa shape index (κ3) is 2.68. The Morgan fingerprint density at radius 2 is 2.12 bits per heavy atom. The zero-order valence-electron chi connectivity index (χ0n) is 14.0. The van der Waals surface area contributed by atoms with Gasteiger partial charge < -0.3 is 9.80 Å². The fourth-order valence-electron chi connectivity index (χ4n) is 3.68. The predicted molar refractivity (Wildman–Crippen MR) is 97.0 cm³/mol. The normalized spacial score (nSPS) is 20.7. The molecule has 7 nitrogen and oxygen atoms in total. The van der Waals surface area contributed by atoms with Crippen LogP contribution in [0, 0.1) is 0 Å². The smallest absolute Gasteiger partial charge is 0.227 e. The maximum Gasteiger partial charge on any atom is 0.227 e. The first-order valence-electron chi connectivity index (χ1n) is 8.80. The largest absolute Gasteiger partial charge is 0.351 e. The Morgan fingerprint density at radius 1 is 1.20 bits per heavy atom. The van der Waals surface area contributed by atoms with Crippen LogP contribution in [0.25, 0.3) is 0 Å². The summed E-state index contributed by atoms with van der Waals surface area (Å²) in [5, 5.41) is 13.3. The minimum absolute atomic E-state index is 0.206. The molecule has 0 saturated carbocycles. The lowest BCUT2D eigenvalue weighted by molar-refractivity contribution is -0.117. The number of thioether (sulfide) groups is 1. The first-order valence-corrected chi connectivity index (χ1v) is 9.96. The molecule has 0 N–H and O–H groups in total. The van der Waals surface area contributed by atoms with Gasteiger partial charge in [0, 0.05) is 44.4 Å². The average molecular weight is 356 g/mol. The number of nitrogens with zero attached hydrogens (tertiary/aromatic N) is 6. The highest BCUT2D eigenvalue weighted by Gasteiger charge is 2.32. The van der Waals surface area contributed by atoms with Crippen molar-refractivity contribution in [2.24, 2.45) is 0 Å². The third-order valence-electron chi connectivity index (χ3n) is 5.22. The molecular weight excluding hydrogens is 336 g/mol. The zero-order valence-corrected chi connectivity index (χ0v) is 14.8. The molecule has 0 spiro atoms. The van der Waals surface area contributed by atoms with Gasteiger partial charge in [0.25, 0.3) is 0 Å². The highest BCUT2D eigenvalue weighted by atomic mass is 32.2. The highest BCUT2D eigenvalue weighted by Crippen LogP contribution is 2.31. The van der Waals surface area contributed by atoms with Crippen molar-refractivity contribution in [2.75, 3.05) is 35.2 Å². The molecule has 0 aromatic carbocycles. The van der Waals surface area contributed by atoms with Crippen molar-refractivity contribution in [2.45, 2.75) is 31.1 Å². The minimum Gasteiger partial charge on any atom is -0.351 e. The molecule has 0 atom stereocenters. The molecule has 8 heteroatoms. The Balaban J connectivity index is 1.26. The topological polar surface area (TPSA) is 67.2 Å². The Bertz CT molecular complexity index is 815. The van der Waals surface area contributed by atoms with Crippen LogP contribution in [0.2, 0.25) is 0 Å². The van der Waals surface area contributed by atoms with E-state index in [4.69, 9.17) is 0 Å². The fourth-order valence-corrected chi connectivity index (χ4v) is 4.63. The molecule has 2 fully saturated rings. The second kappa shape index (κ2) is 6.01. The molecule has 2 aromatic heterocycles. The lowest BCUT2D eigenvalue weighted by atomic mass is 10.1. The summed E-state index contributed by atoms with van der Waals surface area (Å²) in [4.78, 5) is 15.9. The number of aromatic nitrogens is 4. The highest BCUT2D eigenvalue weighted by molar-refractivity contribution is 7.98. The number of hydrogen-bond donors (Lipinski definition) is 0. The summed E-state index contributed by atoms with van der Waals surface area (Å²) < 4.78 is 1.99. The zero-order chi connectivity index (χ0) is 16.8. The molecule has 0 radical (unpaired) electrons. The van der Waals surface area contributed by atoms with Gasteiger partial charge in [-0.1, -0.05) is 0 Å². The van der Waals surface area contributed by atoms with Crippen LogP contribution in [0.4, 0.5) is 11.5 Å². The van der Waals surface area contributed by atoms with Gasteiger partial charge in [-0.3, -0.25) is 9.48 Å². The van der Waals surface area contributed by atoms with Gasteiger partial charge in [-0.2, -0.15) is 22.0 Å². The number of carbonyl (C=O) groups excluding carboxylic acids is 1. The van der Waals surface area contributed by atoms with E-state index in [1.807, 2.05) is 33.7 Å². The predicted octanol–water partition coefficient (Wildman–Crippen LogP) is 1.65. The van der Waals surface area contributed by atoms with Crippen LogP contribution < -0.4 is 9.80 Å². The maximum absolute atomic E-state index is 11.9. The monoisotopic (exact) mass is 356 g/mol. The van der Waals surface area contributed by atoms with Crippen LogP contribution >= 0.6 is 11.8 Å². The van der Waals surface area contributed by atoms with Gasteiger partial charge in [0.15, 0.2) is 5.82 Å². The summed E-state index contributed by atoms with van der Waals surface area (Å²) in [6, 6.07) is 2.53. The average Bonchev–Trinajstić information content (AvgIpc) is 3.22. The van der Waals surface area contributed by atoms with E-state index < -0.39 is 0 Å². The molecule has 130 valence electrons. The molecule has 5 heterocycles. The summed E-state index contributed by atoms with van der Waals surface area (Å²) in [6.45, 7) is 2.58. The third-order valence-corrected chi connectivity index (χ3v) is 6.23. The molecule has 25 heavy (non-hydrogen) atoms. The maximum atomic E-state index is 11.9. The summed E-state index contributed by atoms with van der Waals surface area (Å²) >= 11 is 1.96. The lowest BCUT2D eigenvalue weighted by Gasteiger charge is -2.40. The minimum atomic E-state index is 0.206. The van der Waals surface area contributed by atoms with E-state index in [0.29, 0.717) is 12.5 Å². The van der Waals surface area contributed by atoms with Crippen LogP contribution in [-0.2, 0) is 17.0 Å². The van der Waals surface area contributed by atoms with Crippen molar-refractivity contribution in [3.63, 3.8) is 0 Å². The number of anilines is 2. The number of amides is 1. The fraction of sp³-hybridized carbons (Fsp3) is 0.529. The molecule has 3 aliphatic heterocycles. The molecule has 5 rings (SSSR count). The van der Waals surface area contributed by atoms with Gasteiger partial charge >= 0.3 is 0 Å². The van der Waals surface area contributed by atoms with Crippen LogP contribution in [0.15, 0.2) is 18.5 Å². The molecule has 0 aliphatic carbocycles. The van der Waals surface area contributed by atoms with Gasteiger partial charge in [0.2, 0.25) is 5.91 Å². The lowest BCUT2D eigenvalue weighted by Crippen LogP contribution is -2.48.